The number of amidine groups is 1. The van der Waals surface area contributed by atoms with Gasteiger partial charge in [-0.25, -0.2) is 0 Å². The smallest absolute Gasteiger partial charge is 0.162 e. The van der Waals surface area contributed by atoms with E-state index in [0.29, 0.717) is 6.42 Å². The quantitative estimate of drug-likeness (QED) is 0.656. The standard InChI is InChI=1S/C11H18N2O4S/c14-6-7-5-8(15)9-10(17-7)18-11(12-9)13-1-3-16-4-2-13/h7-10,14-15H,1-6H2/t7-,8-,9+,10+/m0/s1. The zero-order valence-electron chi connectivity index (χ0n) is 10.1. The molecule has 0 saturated carbocycles. The van der Waals surface area contributed by atoms with Crippen LogP contribution in [0.2, 0.25) is 0 Å². The molecule has 2 fully saturated rings. The minimum Gasteiger partial charge on any atom is -0.394 e. The second-order valence-corrected chi connectivity index (χ2v) is 5.80. The highest BCUT2D eigenvalue weighted by Gasteiger charge is 2.43. The van der Waals surface area contributed by atoms with E-state index in [9.17, 15) is 5.11 Å². The van der Waals surface area contributed by atoms with Crippen LogP contribution in [0.4, 0.5) is 0 Å². The molecule has 7 heteroatoms. The van der Waals surface area contributed by atoms with Crippen molar-refractivity contribution in [3.8, 4) is 0 Å². The minimum absolute atomic E-state index is 0.0479. The summed E-state index contributed by atoms with van der Waals surface area (Å²) in [5.41, 5.74) is -0.163. The van der Waals surface area contributed by atoms with Crippen LogP contribution in [0.1, 0.15) is 6.42 Å². The molecule has 3 rings (SSSR count). The average molecular weight is 274 g/mol. The lowest BCUT2D eigenvalue weighted by molar-refractivity contribution is -0.0875. The Morgan fingerprint density at radius 2 is 2.17 bits per heavy atom. The average Bonchev–Trinajstić information content (AvgIpc) is 2.84. The predicted molar refractivity (Wildman–Crippen MR) is 67.6 cm³/mol. The summed E-state index contributed by atoms with van der Waals surface area (Å²) in [5.74, 6) is 0. The van der Waals surface area contributed by atoms with Gasteiger partial charge in [-0.15, -0.1) is 0 Å². The van der Waals surface area contributed by atoms with Crippen LogP contribution >= 0.6 is 11.8 Å². The van der Waals surface area contributed by atoms with E-state index < -0.39 is 6.10 Å². The van der Waals surface area contributed by atoms with Crippen molar-refractivity contribution in [3.63, 3.8) is 0 Å². The first-order chi connectivity index (χ1) is 8.78. The van der Waals surface area contributed by atoms with Crippen molar-refractivity contribution < 1.29 is 19.7 Å². The van der Waals surface area contributed by atoms with E-state index >= 15 is 0 Å². The molecule has 2 N–H and O–H groups in total. The molecule has 3 heterocycles. The topological polar surface area (TPSA) is 74.5 Å². The second kappa shape index (κ2) is 5.34. The summed E-state index contributed by atoms with van der Waals surface area (Å²) in [6, 6.07) is -0.198. The van der Waals surface area contributed by atoms with Gasteiger partial charge in [0, 0.05) is 19.5 Å². The van der Waals surface area contributed by atoms with E-state index in [1.54, 1.807) is 11.8 Å². The molecule has 0 aromatic rings. The third-order valence-electron chi connectivity index (χ3n) is 3.47. The summed E-state index contributed by atoms with van der Waals surface area (Å²) in [7, 11) is 0. The minimum atomic E-state index is -0.521. The molecular formula is C11H18N2O4S. The first kappa shape index (κ1) is 12.7. The van der Waals surface area contributed by atoms with Crippen LogP contribution in [0.3, 0.4) is 0 Å². The van der Waals surface area contributed by atoms with E-state index in [-0.39, 0.29) is 24.2 Å². The van der Waals surface area contributed by atoms with Gasteiger partial charge in [-0.1, -0.05) is 11.8 Å². The molecule has 2 saturated heterocycles. The maximum atomic E-state index is 10.0. The first-order valence-corrected chi connectivity index (χ1v) is 7.17. The number of nitrogens with zero attached hydrogens (tertiary/aromatic N) is 2. The molecule has 4 atom stereocenters. The van der Waals surface area contributed by atoms with Crippen LogP contribution in [-0.2, 0) is 9.47 Å². The Morgan fingerprint density at radius 1 is 1.39 bits per heavy atom. The Labute approximate surface area is 110 Å². The van der Waals surface area contributed by atoms with Gasteiger partial charge in [0.05, 0.1) is 32.0 Å². The molecule has 0 aliphatic carbocycles. The first-order valence-electron chi connectivity index (χ1n) is 6.29. The lowest BCUT2D eigenvalue weighted by Gasteiger charge is -2.33. The number of aliphatic hydroxyl groups excluding tert-OH is 2. The predicted octanol–water partition coefficient (Wildman–Crippen LogP) is -0.742. The summed E-state index contributed by atoms with van der Waals surface area (Å²) in [4.78, 5) is 6.75. The van der Waals surface area contributed by atoms with Crippen LogP contribution in [0.25, 0.3) is 0 Å². The van der Waals surface area contributed by atoms with Gasteiger partial charge in [0.25, 0.3) is 0 Å². The molecule has 6 nitrogen and oxygen atoms in total. The van der Waals surface area contributed by atoms with Crippen molar-refractivity contribution >= 4 is 16.9 Å². The van der Waals surface area contributed by atoms with Crippen molar-refractivity contribution in [1.29, 1.82) is 0 Å². The summed E-state index contributed by atoms with van der Waals surface area (Å²) in [6.45, 7) is 3.07. The normalized spacial score (nSPS) is 40.6. The van der Waals surface area contributed by atoms with Crippen LogP contribution in [0.15, 0.2) is 4.99 Å². The number of hydrogen-bond donors (Lipinski definition) is 2. The molecular weight excluding hydrogens is 256 g/mol. The Balaban J connectivity index is 1.68. The molecule has 3 aliphatic rings. The van der Waals surface area contributed by atoms with Crippen LogP contribution in [-0.4, -0.2) is 76.9 Å². The Bertz CT molecular complexity index is 335. The summed E-state index contributed by atoms with van der Waals surface area (Å²) in [5, 5.41) is 20.1. The van der Waals surface area contributed by atoms with Gasteiger partial charge in [0.15, 0.2) is 5.17 Å². The molecule has 18 heavy (non-hydrogen) atoms. The van der Waals surface area contributed by atoms with Gasteiger partial charge >= 0.3 is 0 Å². The van der Waals surface area contributed by atoms with E-state index in [4.69, 9.17) is 14.6 Å². The highest BCUT2D eigenvalue weighted by Crippen LogP contribution is 2.37. The fraction of sp³-hybridized carbons (Fsp3) is 0.909. The summed E-state index contributed by atoms with van der Waals surface area (Å²) in [6.07, 6.45) is -0.335. The zero-order valence-corrected chi connectivity index (χ0v) is 10.9. The molecule has 0 aromatic carbocycles. The van der Waals surface area contributed by atoms with Gasteiger partial charge in [-0.3, -0.25) is 4.99 Å². The fourth-order valence-corrected chi connectivity index (χ4v) is 3.77. The number of rotatable bonds is 1. The fourth-order valence-electron chi connectivity index (χ4n) is 2.45. The number of hydrogen-bond acceptors (Lipinski definition) is 7. The highest BCUT2D eigenvalue weighted by atomic mass is 32.2. The molecule has 0 bridgehead atoms. The number of aliphatic imine (C=N–C) groups is 1. The number of aliphatic hydroxyl groups is 2. The van der Waals surface area contributed by atoms with Crippen molar-refractivity contribution in [2.45, 2.75) is 30.1 Å². The van der Waals surface area contributed by atoms with Crippen LogP contribution in [0.5, 0.6) is 0 Å². The molecule has 0 radical (unpaired) electrons. The number of fused-ring (bicyclic) bond motifs is 1. The van der Waals surface area contributed by atoms with Gasteiger partial charge in [-0.05, 0) is 0 Å². The van der Waals surface area contributed by atoms with Crippen molar-refractivity contribution in [1.82, 2.24) is 4.90 Å². The van der Waals surface area contributed by atoms with E-state index in [0.717, 1.165) is 31.5 Å². The molecule has 0 amide bonds. The van der Waals surface area contributed by atoms with Crippen molar-refractivity contribution in [2.75, 3.05) is 32.9 Å². The highest BCUT2D eigenvalue weighted by molar-refractivity contribution is 8.14. The van der Waals surface area contributed by atoms with Gasteiger partial charge in [-0.2, -0.15) is 0 Å². The van der Waals surface area contributed by atoms with Gasteiger partial charge in [0.2, 0.25) is 0 Å². The SMILES string of the molecule is OC[C@@H]1C[C@H](O)[C@H]2N=C(N3CCOCC3)S[C@H]2O1. The van der Waals surface area contributed by atoms with E-state index in [1.807, 2.05) is 0 Å². The zero-order chi connectivity index (χ0) is 12.5. The van der Waals surface area contributed by atoms with Gasteiger partial charge in [0.1, 0.15) is 11.5 Å². The van der Waals surface area contributed by atoms with Crippen molar-refractivity contribution in [3.05, 3.63) is 0 Å². The molecule has 0 unspecified atom stereocenters. The third-order valence-corrected chi connectivity index (χ3v) is 4.67. The maximum Gasteiger partial charge on any atom is 0.162 e. The van der Waals surface area contributed by atoms with E-state index in [2.05, 4.69) is 9.89 Å². The monoisotopic (exact) mass is 274 g/mol. The van der Waals surface area contributed by atoms with Crippen LogP contribution < -0.4 is 0 Å². The summed E-state index contributed by atoms with van der Waals surface area (Å²) >= 11 is 1.55. The second-order valence-electron chi connectivity index (χ2n) is 4.73. The van der Waals surface area contributed by atoms with E-state index in [1.165, 1.54) is 0 Å². The largest absolute Gasteiger partial charge is 0.394 e. The number of ether oxygens (including phenoxy) is 2. The Hall–Kier alpha value is -0.340. The lowest BCUT2D eigenvalue weighted by Crippen LogP contribution is -2.45. The number of thioether (sulfide) groups is 1. The molecule has 102 valence electrons. The molecule has 3 aliphatic heterocycles. The Morgan fingerprint density at radius 3 is 2.89 bits per heavy atom. The summed E-state index contributed by atoms with van der Waals surface area (Å²) < 4.78 is 11.0. The molecule has 0 spiro atoms. The number of morpholine rings is 1. The lowest BCUT2D eigenvalue weighted by atomic mass is 10.0. The molecule has 0 aromatic heterocycles. The van der Waals surface area contributed by atoms with Crippen LogP contribution in [0, 0.1) is 0 Å². The third kappa shape index (κ3) is 2.37. The maximum absolute atomic E-state index is 10.0. The van der Waals surface area contributed by atoms with Gasteiger partial charge < -0.3 is 24.6 Å². The van der Waals surface area contributed by atoms with Crippen molar-refractivity contribution in [2.24, 2.45) is 4.99 Å². The Kier molecular flexibility index (Phi) is 3.76.